The van der Waals surface area contributed by atoms with Crippen LogP contribution in [-0.4, -0.2) is 10.1 Å². The molecule has 3 nitrogen and oxygen atoms in total. The minimum absolute atomic E-state index is 0.369. The molecule has 1 N–H and O–H groups in total. The van der Waals surface area contributed by atoms with Gasteiger partial charge in [0.05, 0.1) is 24.2 Å². The second-order valence-electron chi connectivity index (χ2n) is 2.84. The van der Waals surface area contributed by atoms with Crippen molar-refractivity contribution >= 4 is 0 Å². The summed E-state index contributed by atoms with van der Waals surface area (Å²) >= 11 is 0. The zero-order chi connectivity index (χ0) is 11.5. The van der Waals surface area contributed by atoms with Gasteiger partial charge in [-0.25, -0.2) is 0 Å². The molecule has 0 aliphatic heterocycles. The molecule has 1 aromatic heterocycles. The van der Waals surface area contributed by atoms with Crippen LogP contribution < -0.4 is 0 Å². The van der Waals surface area contributed by atoms with Gasteiger partial charge in [-0.1, -0.05) is 0 Å². The van der Waals surface area contributed by atoms with Crippen LogP contribution in [0.2, 0.25) is 0 Å². The van der Waals surface area contributed by atoms with Crippen LogP contribution in [-0.2, 0) is 6.18 Å². The van der Waals surface area contributed by atoms with Crippen molar-refractivity contribution in [3.8, 4) is 6.07 Å². The highest BCUT2D eigenvalue weighted by atomic mass is 19.4. The van der Waals surface area contributed by atoms with Gasteiger partial charge in [0.25, 0.3) is 0 Å². The summed E-state index contributed by atoms with van der Waals surface area (Å²) in [6.45, 7) is 0. The van der Waals surface area contributed by atoms with E-state index >= 15 is 0 Å². The van der Waals surface area contributed by atoms with Crippen molar-refractivity contribution < 1.29 is 18.3 Å². The number of rotatable bonds is 2. The lowest BCUT2D eigenvalue weighted by Gasteiger charge is -2.14. The molecule has 1 heterocycles. The zero-order valence-corrected chi connectivity index (χ0v) is 7.49. The first-order chi connectivity index (χ1) is 6.96. The van der Waals surface area contributed by atoms with Crippen LogP contribution in [0.3, 0.4) is 0 Å². The molecule has 1 aromatic rings. The minimum Gasteiger partial charge on any atom is -0.387 e. The minimum atomic E-state index is -4.55. The largest absolute Gasteiger partial charge is 0.416 e. The Hall–Kier alpha value is -1.61. The Kier molecular flexibility index (Phi) is 3.27. The van der Waals surface area contributed by atoms with Crippen molar-refractivity contribution in [2.24, 2.45) is 0 Å². The van der Waals surface area contributed by atoms with Gasteiger partial charge in [0.1, 0.15) is 0 Å². The highest BCUT2D eigenvalue weighted by Crippen LogP contribution is 2.34. The highest BCUT2D eigenvalue weighted by Gasteiger charge is 2.34. The van der Waals surface area contributed by atoms with Gasteiger partial charge >= 0.3 is 6.18 Å². The Morgan fingerprint density at radius 2 is 2.20 bits per heavy atom. The highest BCUT2D eigenvalue weighted by molar-refractivity contribution is 5.28. The Labute approximate surface area is 83.8 Å². The SMILES string of the molecule is N#CCC(O)c1cnccc1C(F)(F)F. The first kappa shape index (κ1) is 11.5. The average Bonchev–Trinajstić information content (AvgIpc) is 2.17. The molecule has 1 atom stereocenters. The summed E-state index contributed by atoms with van der Waals surface area (Å²) in [5.74, 6) is 0. The van der Waals surface area contributed by atoms with E-state index in [0.717, 1.165) is 18.5 Å². The lowest BCUT2D eigenvalue weighted by Crippen LogP contribution is -2.12. The fraction of sp³-hybridized carbons (Fsp3) is 0.333. The summed E-state index contributed by atoms with van der Waals surface area (Å²) in [6, 6.07) is 2.37. The number of aliphatic hydroxyl groups is 1. The summed E-state index contributed by atoms with van der Waals surface area (Å²) < 4.78 is 37.3. The third-order valence-electron chi connectivity index (χ3n) is 1.80. The molecule has 0 aliphatic rings. The molecule has 0 saturated heterocycles. The van der Waals surface area contributed by atoms with E-state index < -0.39 is 24.3 Å². The molecule has 1 rings (SSSR count). The van der Waals surface area contributed by atoms with E-state index in [1.807, 2.05) is 0 Å². The first-order valence-electron chi connectivity index (χ1n) is 4.03. The third-order valence-corrected chi connectivity index (χ3v) is 1.80. The average molecular weight is 216 g/mol. The van der Waals surface area contributed by atoms with Crippen molar-refractivity contribution in [2.75, 3.05) is 0 Å². The molecule has 0 bridgehead atoms. The van der Waals surface area contributed by atoms with Crippen LogP contribution >= 0.6 is 0 Å². The standard InChI is InChI=1S/C9H7F3N2O/c10-9(11,12)7-2-4-14-5-6(7)8(15)1-3-13/h2,4-5,8,15H,1H2. The lowest BCUT2D eigenvalue weighted by atomic mass is 10.0. The smallest absolute Gasteiger partial charge is 0.387 e. The molecule has 1 unspecified atom stereocenters. The Bertz CT molecular complexity index is 384. The quantitative estimate of drug-likeness (QED) is 0.822. The fourth-order valence-electron chi connectivity index (χ4n) is 1.13. The summed E-state index contributed by atoms with van der Waals surface area (Å²) in [6.07, 6.45) is -4.49. The predicted octanol–water partition coefficient (Wildman–Crippen LogP) is 2.05. The summed E-state index contributed by atoms with van der Waals surface area (Å²) in [4.78, 5) is 3.49. The van der Waals surface area contributed by atoms with Crippen LogP contribution in [0.1, 0.15) is 23.7 Å². The van der Waals surface area contributed by atoms with E-state index in [0.29, 0.717) is 0 Å². The molecule has 0 spiro atoms. The number of nitriles is 1. The maximum atomic E-state index is 12.4. The molecule has 0 aromatic carbocycles. The Morgan fingerprint density at radius 1 is 1.53 bits per heavy atom. The van der Waals surface area contributed by atoms with Gasteiger partial charge < -0.3 is 5.11 Å². The molecule has 80 valence electrons. The van der Waals surface area contributed by atoms with Crippen LogP contribution in [0.15, 0.2) is 18.5 Å². The molecule has 0 aliphatic carbocycles. The number of aromatic nitrogens is 1. The number of alkyl halides is 3. The lowest BCUT2D eigenvalue weighted by molar-refractivity contribution is -0.139. The van der Waals surface area contributed by atoms with Crippen molar-refractivity contribution in [1.29, 1.82) is 5.26 Å². The number of halogens is 3. The van der Waals surface area contributed by atoms with Gasteiger partial charge in [-0.3, -0.25) is 4.98 Å². The Morgan fingerprint density at radius 3 is 2.73 bits per heavy atom. The number of pyridine rings is 1. The summed E-state index contributed by atoms with van der Waals surface area (Å²) in [7, 11) is 0. The van der Waals surface area contributed by atoms with Crippen LogP contribution in [0.5, 0.6) is 0 Å². The number of hydrogen-bond donors (Lipinski definition) is 1. The van der Waals surface area contributed by atoms with E-state index in [9.17, 15) is 18.3 Å². The van der Waals surface area contributed by atoms with Crippen molar-refractivity contribution in [2.45, 2.75) is 18.7 Å². The number of nitrogens with zero attached hydrogens (tertiary/aromatic N) is 2. The predicted molar refractivity (Wildman–Crippen MR) is 44.4 cm³/mol. The molecule has 0 fully saturated rings. The van der Waals surface area contributed by atoms with Gasteiger partial charge in [0, 0.05) is 18.0 Å². The van der Waals surface area contributed by atoms with E-state index in [2.05, 4.69) is 4.98 Å². The Balaban J connectivity index is 3.13. The van der Waals surface area contributed by atoms with E-state index in [1.165, 1.54) is 0 Å². The van der Waals surface area contributed by atoms with Crippen LogP contribution in [0, 0.1) is 11.3 Å². The molecule has 0 radical (unpaired) electrons. The van der Waals surface area contributed by atoms with Gasteiger partial charge in [-0.15, -0.1) is 0 Å². The maximum absolute atomic E-state index is 12.4. The van der Waals surface area contributed by atoms with E-state index in [-0.39, 0.29) is 5.56 Å². The maximum Gasteiger partial charge on any atom is 0.416 e. The monoisotopic (exact) mass is 216 g/mol. The van der Waals surface area contributed by atoms with Gasteiger partial charge in [-0.2, -0.15) is 18.4 Å². The van der Waals surface area contributed by atoms with Gasteiger partial charge in [0.15, 0.2) is 0 Å². The third kappa shape index (κ3) is 2.67. The number of hydrogen-bond acceptors (Lipinski definition) is 3. The first-order valence-corrected chi connectivity index (χ1v) is 4.03. The van der Waals surface area contributed by atoms with E-state index in [1.54, 1.807) is 6.07 Å². The van der Waals surface area contributed by atoms with Crippen LogP contribution in [0.25, 0.3) is 0 Å². The van der Waals surface area contributed by atoms with Crippen molar-refractivity contribution in [1.82, 2.24) is 4.98 Å². The molecule has 0 saturated carbocycles. The second kappa shape index (κ2) is 4.28. The van der Waals surface area contributed by atoms with Gasteiger partial charge in [-0.05, 0) is 6.07 Å². The molecule has 0 amide bonds. The topological polar surface area (TPSA) is 56.9 Å². The second-order valence-corrected chi connectivity index (χ2v) is 2.84. The summed E-state index contributed by atoms with van der Waals surface area (Å²) in [5, 5.41) is 17.6. The van der Waals surface area contributed by atoms with E-state index in [4.69, 9.17) is 5.26 Å². The van der Waals surface area contributed by atoms with Crippen molar-refractivity contribution in [3.05, 3.63) is 29.6 Å². The fourth-order valence-corrected chi connectivity index (χ4v) is 1.13. The van der Waals surface area contributed by atoms with Gasteiger partial charge in [0.2, 0.25) is 0 Å². The molecular formula is C9H7F3N2O. The molecule has 15 heavy (non-hydrogen) atoms. The number of aliphatic hydroxyl groups excluding tert-OH is 1. The molecule has 6 heteroatoms. The molecular weight excluding hydrogens is 209 g/mol. The van der Waals surface area contributed by atoms with Crippen LogP contribution in [0.4, 0.5) is 13.2 Å². The van der Waals surface area contributed by atoms with Crippen molar-refractivity contribution in [3.63, 3.8) is 0 Å². The summed E-state index contributed by atoms with van der Waals surface area (Å²) in [5.41, 5.74) is -1.33. The zero-order valence-electron chi connectivity index (χ0n) is 7.49. The normalized spacial score (nSPS) is 13.3.